The van der Waals surface area contributed by atoms with Gasteiger partial charge in [0.25, 0.3) is 0 Å². The molecular weight excluding hydrogens is 411 g/mol. The van der Waals surface area contributed by atoms with Crippen LogP contribution in [0.3, 0.4) is 0 Å². The van der Waals surface area contributed by atoms with Crippen LogP contribution in [0.5, 0.6) is 0 Å². The third-order valence-corrected chi connectivity index (χ3v) is 8.94. The number of carbonyl (C=O) groups excluding carboxylic acids is 2. The maximum Gasteiger partial charge on any atom is 0.470 e. The maximum atomic E-state index is 12.8. The van der Waals surface area contributed by atoms with Gasteiger partial charge < -0.3 is 20.0 Å². The smallest absolute Gasteiger partial charge is 0.393 e. The Labute approximate surface area is 175 Å². The summed E-state index contributed by atoms with van der Waals surface area (Å²) in [4.78, 5) is 42.5. The van der Waals surface area contributed by atoms with E-state index in [2.05, 4.69) is 4.52 Å². The molecular formula is C21H29O8P. The van der Waals surface area contributed by atoms with E-state index in [9.17, 15) is 24.4 Å². The average Bonchev–Trinajstić information content (AvgIpc) is 2.91. The molecule has 4 N–H and O–H groups in total. The molecule has 8 nitrogen and oxygen atoms in total. The van der Waals surface area contributed by atoms with Crippen molar-refractivity contribution < 1.29 is 38.7 Å². The van der Waals surface area contributed by atoms with Gasteiger partial charge in [-0.25, -0.2) is 4.57 Å². The van der Waals surface area contributed by atoms with Crippen LogP contribution in [0, 0.1) is 28.6 Å². The van der Waals surface area contributed by atoms with Crippen LogP contribution in [0.15, 0.2) is 23.8 Å². The first kappa shape index (κ1) is 22.1. The fourth-order valence-corrected chi connectivity index (χ4v) is 7.34. The van der Waals surface area contributed by atoms with E-state index in [-0.39, 0.29) is 36.4 Å². The number of phosphoric acid groups is 1. The van der Waals surface area contributed by atoms with E-state index in [1.807, 2.05) is 13.0 Å². The summed E-state index contributed by atoms with van der Waals surface area (Å²) in [5.74, 6) is -0.888. The highest BCUT2D eigenvalue weighted by molar-refractivity contribution is 7.46. The number of aliphatic hydroxyl groups excluding tert-OH is 1. The van der Waals surface area contributed by atoms with Gasteiger partial charge in [-0.1, -0.05) is 25.5 Å². The molecule has 0 spiro atoms. The van der Waals surface area contributed by atoms with Crippen molar-refractivity contribution in [1.82, 2.24) is 0 Å². The second kappa shape index (κ2) is 6.92. The van der Waals surface area contributed by atoms with Crippen molar-refractivity contribution in [2.75, 3.05) is 6.61 Å². The lowest BCUT2D eigenvalue weighted by molar-refractivity contribution is -0.178. The molecule has 30 heavy (non-hydrogen) atoms. The summed E-state index contributed by atoms with van der Waals surface area (Å²) in [6.07, 6.45) is 6.76. The van der Waals surface area contributed by atoms with E-state index >= 15 is 0 Å². The van der Waals surface area contributed by atoms with Gasteiger partial charge >= 0.3 is 7.82 Å². The molecule has 9 heteroatoms. The van der Waals surface area contributed by atoms with E-state index in [1.54, 1.807) is 19.1 Å². The Morgan fingerprint density at radius 2 is 2.00 bits per heavy atom. The third-order valence-electron chi connectivity index (χ3n) is 8.47. The van der Waals surface area contributed by atoms with Gasteiger partial charge in [-0.15, -0.1) is 0 Å². The normalized spacial score (nSPS) is 45.4. The zero-order valence-electron chi connectivity index (χ0n) is 17.2. The van der Waals surface area contributed by atoms with Gasteiger partial charge in [0.1, 0.15) is 12.2 Å². The standard InChI is InChI=1S/C21H29O8P/c1-19-7-5-13(22)9-12(19)3-4-14-15-6-8-21(25,17(24)11-29-30(26,27)28)20(15,2)10-16(23)18(14)19/h5,7,9,14-16,18,23,25H,3-4,6,8,10-11H2,1-2H3,(H2,26,27,28)/t14?,15-,16-,18+,19-,20-,21-/m0/s1. The highest BCUT2D eigenvalue weighted by Crippen LogP contribution is 2.67. The monoisotopic (exact) mass is 440 g/mol. The second-order valence-electron chi connectivity index (χ2n) is 9.80. The molecule has 0 aromatic rings. The molecule has 4 aliphatic carbocycles. The van der Waals surface area contributed by atoms with Crippen molar-refractivity contribution >= 4 is 19.4 Å². The van der Waals surface area contributed by atoms with E-state index in [0.717, 1.165) is 18.4 Å². The van der Waals surface area contributed by atoms with Crippen LogP contribution in [-0.4, -0.2) is 49.9 Å². The number of aliphatic hydroxyl groups is 2. The Kier molecular flexibility index (Phi) is 5.09. The summed E-state index contributed by atoms with van der Waals surface area (Å²) in [5, 5.41) is 22.6. The Hall–Kier alpha value is -1.15. The molecule has 0 amide bonds. The van der Waals surface area contributed by atoms with Gasteiger partial charge in [-0.2, -0.15) is 0 Å². The van der Waals surface area contributed by atoms with Crippen LogP contribution >= 0.6 is 7.82 Å². The molecule has 0 radical (unpaired) electrons. The van der Waals surface area contributed by atoms with Crippen LogP contribution in [0.2, 0.25) is 0 Å². The molecule has 0 heterocycles. The molecule has 0 aromatic heterocycles. The summed E-state index contributed by atoms with van der Waals surface area (Å²) < 4.78 is 15.4. The van der Waals surface area contributed by atoms with Crippen molar-refractivity contribution in [1.29, 1.82) is 0 Å². The molecule has 3 fully saturated rings. The highest BCUT2D eigenvalue weighted by atomic mass is 31.2. The van der Waals surface area contributed by atoms with E-state index in [0.29, 0.717) is 6.42 Å². The first-order chi connectivity index (χ1) is 13.8. The lowest BCUT2D eigenvalue weighted by Gasteiger charge is -2.59. The van der Waals surface area contributed by atoms with Crippen molar-refractivity contribution in [2.24, 2.45) is 28.6 Å². The number of hydrogen-bond acceptors (Lipinski definition) is 6. The van der Waals surface area contributed by atoms with Crippen molar-refractivity contribution in [3.8, 4) is 0 Å². The minimum Gasteiger partial charge on any atom is -0.393 e. The summed E-state index contributed by atoms with van der Waals surface area (Å²) >= 11 is 0. The first-order valence-electron chi connectivity index (χ1n) is 10.4. The number of allylic oxidation sites excluding steroid dienone is 4. The number of ketones is 2. The van der Waals surface area contributed by atoms with Gasteiger partial charge in [0, 0.05) is 16.7 Å². The van der Waals surface area contributed by atoms with Gasteiger partial charge in [-0.05, 0) is 56.1 Å². The summed E-state index contributed by atoms with van der Waals surface area (Å²) in [6, 6.07) is 0. The molecule has 0 saturated heterocycles. The van der Waals surface area contributed by atoms with Crippen molar-refractivity contribution in [2.45, 2.75) is 57.7 Å². The number of hydrogen-bond donors (Lipinski definition) is 4. The lowest BCUT2D eigenvalue weighted by Crippen LogP contribution is -2.61. The Balaban J connectivity index is 1.65. The minimum absolute atomic E-state index is 0.0284. The molecule has 1 unspecified atom stereocenters. The Morgan fingerprint density at radius 3 is 2.67 bits per heavy atom. The Morgan fingerprint density at radius 1 is 1.30 bits per heavy atom. The van der Waals surface area contributed by atoms with Gasteiger partial charge in [-0.3, -0.25) is 14.1 Å². The molecule has 3 saturated carbocycles. The molecule has 166 valence electrons. The molecule has 4 rings (SSSR count). The third kappa shape index (κ3) is 3.12. The largest absolute Gasteiger partial charge is 0.470 e. The van der Waals surface area contributed by atoms with E-state index in [4.69, 9.17) is 9.79 Å². The van der Waals surface area contributed by atoms with Crippen LogP contribution in [-0.2, 0) is 18.7 Å². The quantitative estimate of drug-likeness (QED) is 0.484. The van der Waals surface area contributed by atoms with Gasteiger partial charge in [0.2, 0.25) is 0 Å². The average molecular weight is 440 g/mol. The van der Waals surface area contributed by atoms with E-state index < -0.39 is 42.7 Å². The number of carbonyl (C=O) groups is 2. The van der Waals surface area contributed by atoms with Crippen LogP contribution < -0.4 is 0 Å². The van der Waals surface area contributed by atoms with Crippen LogP contribution in [0.4, 0.5) is 0 Å². The fraction of sp³-hybridized carbons (Fsp3) is 0.714. The molecule has 0 aromatic carbocycles. The second-order valence-corrected chi connectivity index (χ2v) is 11.0. The van der Waals surface area contributed by atoms with Crippen molar-refractivity contribution in [3.05, 3.63) is 23.8 Å². The topological polar surface area (TPSA) is 141 Å². The summed E-state index contributed by atoms with van der Waals surface area (Å²) in [6.45, 7) is 2.97. The SMILES string of the molecule is C[C@]12C=CC(=O)C=C1CCC1[C@@H]2[C@@H](O)C[C@@]2(C)[C@H]1CC[C@]2(O)C(=O)COP(=O)(O)O. The minimum atomic E-state index is -4.84. The number of fused-ring (bicyclic) bond motifs is 5. The first-order valence-corrected chi connectivity index (χ1v) is 11.9. The lowest BCUT2D eigenvalue weighted by atomic mass is 9.46. The fourth-order valence-electron chi connectivity index (χ4n) is 7.05. The molecule has 0 aliphatic heterocycles. The summed E-state index contributed by atoms with van der Waals surface area (Å²) in [7, 11) is -4.84. The van der Waals surface area contributed by atoms with Crippen LogP contribution in [0.25, 0.3) is 0 Å². The highest BCUT2D eigenvalue weighted by Gasteiger charge is 2.68. The predicted octanol–water partition coefficient (Wildman–Crippen LogP) is 1.67. The zero-order chi connectivity index (χ0) is 22.1. The molecule has 4 aliphatic rings. The predicted molar refractivity (Wildman–Crippen MR) is 106 cm³/mol. The van der Waals surface area contributed by atoms with Crippen molar-refractivity contribution in [3.63, 3.8) is 0 Å². The maximum absolute atomic E-state index is 12.8. The summed E-state index contributed by atoms with van der Waals surface area (Å²) in [5.41, 5.74) is -2.15. The van der Waals surface area contributed by atoms with Crippen LogP contribution in [0.1, 0.15) is 46.0 Å². The van der Waals surface area contributed by atoms with Gasteiger partial charge in [0.05, 0.1) is 6.10 Å². The number of Topliss-reactive ketones (excluding diaryl/α,β-unsaturated/α-hetero) is 1. The Bertz CT molecular complexity index is 889. The number of rotatable bonds is 4. The molecule has 0 bridgehead atoms. The molecule has 7 atom stereocenters. The van der Waals surface area contributed by atoms with Gasteiger partial charge in [0.15, 0.2) is 11.6 Å². The zero-order valence-corrected chi connectivity index (χ0v) is 18.0. The van der Waals surface area contributed by atoms with E-state index in [1.165, 1.54) is 0 Å². The number of phosphoric ester groups is 1.